The molecule has 2 aliphatic heterocycles. The van der Waals surface area contributed by atoms with Gasteiger partial charge < -0.3 is 10.2 Å². The fourth-order valence-corrected chi connectivity index (χ4v) is 6.06. The predicted octanol–water partition coefficient (Wildman–Crippen LogP) is 2.69. The zero-order chi connectivity index (χ0) is 13.9. The summed E-state index contributed by atoms with van der Waals surface area (Å²) in [5, 5.41) is 5.53. The van der Waals surface area contributed by atoms with Crippen molar-refractivity contribution in [2.24, 2.45) is 5.92 Å². The Balaban J connectivity index is 1.55. The molecular weight excluding hydrogens is 278 g/mol. The number of nitrogens with one attached hydrogen (secondary N) is 1. The van der Waals surface area contributed by atoms with Crippen molar-refractivity contribution in [1.82, 2.24) is 15.2 Å². The van der Waals surface area contributed by atoms with Gasteiger partial charge in [0.05, 0.1) is 11.2 Å². The van der Waals surface area contributed by atoms with Gasteiger partial charge in [-0.2, -0.15) is 0 Å². The normalized spacial score (nSPS) is 38.5. The molecule has 2 aliphatic carbocycles. The summed E-state index contributed by atoms with van der Waals surface area (Å²) in [5.74, 6) is 0.791. The Morgan fingerprint density at radius 3 is 2.90 bits per heavy atom. The molecule has 2 bridgehead atoms. The van der Waals surface area contributed by atoms with Crippen LogP contribution in [0.5, 0.6) is 0 Å². The van der Waals surface area contributed by atoms with E-state index in [4.69, 9.17) is 4.98 Å². The molecule has 0 radical (unpaired) electrons. The van der Waals surface area contributed by atoms with E-state index >= 15 is 0 Å². The van der Waals surface area contributed by atoms with Gasteiger partial charge >= 0.3 is 0 Å². The first kappa shape index (κ1) is 13.0. The van der Waals surface area contributed by atoms with Crippen LogP contribution >= 0.6 is 11.3 Å². The van der Waals surface area contributed by atoms with Crippen LogP contribution < -0.4 is 5.32 Å². The van der Waals surface area contributed by atoms with Crippen LogP contribution in [-0.4, -0.2) is 35.6 Å². The van der Waals surface area contributed by atoms with Gasteiger partial charge in [0.1, 0.15) is 5.01 Å². The lowest BCUT2D eigenvalue weighted by Gasteiger charge is -2.42. The molecule has 3 heterocycles. The Morgan fingerprint density at radius 1 is 1.14 bits per heavy atom. The second-order valence-corrected chi connectivity index (χ2v) is 8.61. The van der Waals surface area contributed by atoms with E-state index in [0.717, 1.165) is 12.0 Å². The maximum Gasteiger partial charge on any atom is 0.114 e. The Hall–Kier alpha value is -0.450. The fourth-order valence-electron chi connectivity index (χ4n) is 4.64. The topological polar surface area (TPSA) is 28.2 Å². The van der Waals surface area contributed by atoms with E-state index in [0.29, 0.717) is 0 Å². The summed E-state index contributed by atoms with van der Waals surface area (Å²) in [6, 6.07) is 0.776. The predicted molar refractivity (Wildman–Crippen MR) is 85.8 cm³/mol. The van der Waals surface area contributed by atoms with Crippen LogP contribution in [0.3, 0.4) is 0 Å². The van der Waals surface area contributed by atoms with Crippen molar-refractivity contribution in [2.45, 2.75) is 62.9 Å². The molecule has 0 amide bonds. The summed E-state index contributed by atoms with van der Waals surface area (Å²) >= 11 is 2.06. The van der Waals surface area contributed by atoms with E-state index in [-0.39, 0.29) is 5.54 Å². The minimum atomic E-state index is 0.218. The smallest absolute Gasteiger partial charge is 0.114 e. The van der Waals surface area contributed by atoms with Gasteiger partial charge in [-0.1, -0.05) is 0 Å². The minimum absolute atomic E-state index is 0.218. The second-order valence-electron chi connectivity index (χ2n) is 7.52. The number of hydrogen-bond acceptors (Lipinski definition) is 4. The quantitative estimate of drug-likeness (QED) is 0.930. The van der Waals surface area contributed by atoms with Crippen molar-refractivity contribution in [1.29, 1.82) is 0 Å². The number of thiazole rings is 1. The van der Waals surface area contributed by atoms with Gasteiger partial charge in [0.25, 0.3) is 0 Å². The van der Waals surface area contributed by atoms with E-state index in [2.05, 4.69) is 21.6 Å². The number of aryl methyl sites for hydroxylation is 2. The number of nitrogens with zero attached hydrogens (tertiary/aromatic N) is 2. The van der Waals surface area contributed by atoms with E-state index < -0.39 is 0 Å². The van der Waals surface area contributed by atoms with Crippen LogP contribution in [0.4, 0.5) is 0 Å². The van der Waals surface area contributed by atoms with Crippen molar-refractivity contribution in [3.8, 4) is 0 Å². The van der Waals surface area contributed by atoms with Crippen molar-refractivity contribution < 1.29 is 0 Å². The first-order valence-corrected chi connectivity index (χ1v) is 9.64. The van der Waals surface area contributed by atoms with Gasteiger partial charge in [0, 0.05) is 24.0 Å². The lowest BCUT2D eigenvalue weighted by Crippen LogP contribution is -2.54. The molecule has 0 aromatic carbocycles. The molecule has 3 fully saturated rings. The van der Waals surface area contributed by atoms with E-state index in [9.17, 15) is 0 Å². The molecule has 0 spiro atoms. The first-order chi connectivity index (χ1) is 10.3. The highest BCUT2D eigenvalue weighted by Crippen LogP contribution is 2.47. The second kappa shape index (κ2) is 4.77. The molecule has 1 aromatic heterocycles. The molecule has 1 N–H and O–H groups in total. The van der Waals surface area contributed by atoms with Crippen molar-refractivity contribution >= 4 is 11.3 Å². The highest BCUT2D eigenvalue weighted by molar-refractivity contribution is 7.11. The zero-order valence-electron chi connectivity index (χ0n) is 12.7. The van der Waals surface area contributed by atoms with Crippen LogP contribution in [0.1, 0.15) is 54.1 Å². The van der Waals surface area contributed by atoms with Crippen LogP contribution in [0.2, 0.25) is 0 Å². The van der Waals surface area contributed by atoms with Crippen LogP contribution in [0.25, 0.3) is 0 Å². The Morgan fingerprint density at radius 2 is 2.05 bits per heavy atom. The van der Waals surface area contributed by atoms with Gasteiger partial charge in [0.15, 0.2) is 0 Å². The summed E-state index contributed by atoms with van der Waals surface area (Å²) in [4.78, 5) is 9.44. The molecule has 114 valence electrons. The SMILES string of the molecule is C1CCc2sc(C3(NC4CC4)CCN4CCC3C4)nc2C1. The third-order valence-electron chi connectivity index (χ3n) is 6.06. The molecule has 4 aliphatic rings. The van der Waals surface area contributed by atoms with Gasteiger partial charge in [0.2, 0.25) is 0 Å². The van der Waals surface area contributed by atoms with Crippen LogP contribution in [-0.2, 0) is 18.4 Å². The minimum Gasteiger partial charge on any atom is -0.303 e. The first-order valence-electron chi connectivity index (χ1n) is 8.83. The Labute approximate surface area is 131 Å². The number of aromatic nitrogens is 1. The molecule has 1 saturated carbocycles. The van der Waals surface area contributed by atoms with E-state index in [1.807, 2.05) is 0 Å². The summed E-state index contributed by atoms with van der Waals surface area (Å²) in [5.41, 5.74) is 1.66. The summed E-state index contributed by atoms with van der Waals surface area (Å²) < 4.78 is 0. The fraction of sp³-hybridized carbons (Fsp3) is 0.824. The van der Waals surface area contributed by atoms with Crippen LogP contribution in [0.15, 0.2) is 0 Å². The standard InChI is InChI=1S/C17H25N3S/c1-2-4-15-14(3-1)18-16(21-15)17(19-13-5-6-13)8-10-20-9-7-12(17)11-20/h12-13,19H,1-11H2. The summed E-state index contributed by atoms with van der Waals surface area (Å²) in [7, 11) is 0. The third kappa shape index (κ3) is 2.10. The highest BCUT2D eigenvalue weighted by Gasteiger charge is 2.51. The molecule has 1 aromatic rings. The molecule has 2 saturated heterocycles. The highest BCUT2D eigenvalue weighted by atomic mass is 32.1. The van der Waals surface area contributed by atoms with E-state index in [1.54, 1.807) is 4.88 Å². The number of rotatable bonds is 3. The van der Waals surface area contributed by atoms with Crippen LogP contribution in [0, 0.1) is 5.92 Å². The molecule has 3 unspecified atom stereocenters. The van der Waals surface area contributed by atoms with E-state index in [1.165, 1.54) is 81.7 Å². The summed E-state index contributed by atoms with van der Waals surface area (Å²) in [6.07, 6.45) is 10.6. The number of piperidine rings is 1. The average molecular weight is 303 g/mol. The van der Waals surface area contributed by atoms with Gasteiger partial charge in [-0.05, 0) is 63.8 Å². The molecular formula is C17H25N3S. The monoisotopic (exact) mass is 303 g/mol. The molecule has 3 atom stereocenters. The Bertz CT molecular complexity index is 527. The average Bonchev–Trinajstić information content (AvgIpc) is 3.07. The zero-order valence-corrected chi connectivity index (χ0v) is 13.6. The molecule has 4 heteroatoms. The van der Waals surface area contributed by atoms with Crippen molar-refractivity contribution in [3.63, 3.8) is 0 Å². The van der Waals surface area contributed by atoms with Gasteiger partial charge in [-0.15, -0.1) is 11.3 Å². The maximum absolute atomic E-state index is 5.18. The lowest BCUT2D eigenvalue weighted by molar-refractivity contribution is 0.127. The Kier molecular flexibility index (Phi) is 2.96. The molecule has 3 nitrogen and oxygen atoms in total. The van der Waals surface area contributed by atoms with Gasteiger partial charge in [-0.25, -0.2) is 4.98 Å². The molecule has 5 rings (SSSR count). The lowest BCUT2D eigenvalue weighted by atomic mass is 9.79. The number of fused-ring (bicyclic) bond motifs is 3. The van der Waals surface area contributed by atoms with Crippen molar-refractivity contribution in [3.05, 3.63) is 15.6 Å². The van der Waals surface area contributed by atoms with Gasteiger partial charge in [-0.3, -0.25) is 0 Å². The largest absolute Gasteiger partial charge is 0.303 e. The molecule has 21 heavy (non-hydrogen) atoms. The summed E-state index contributed by atoms with van der Waals surface area (Å²) in [6.45, 7) is 3.87. The van der Waals surface area contributed by atoms with Crippen molar-refractivity contribution in [2.75, 3.05) is 19.6 Å². The maximum atomic E-state index is 5.18. The third-order valence-corrected chi connectivity index (χ3v) is 7.39. The number of hydrogen-bond donors (Lipinski definition) is 1.